The van der Waals surface area contributed by atoms with Crippen LogP contribution < -0.4 is 5.32 Å². The van der Waals surface area contributed by atoms with Crippen molar-refractivity contribution in [3.8, 4) is 0 Å². The highest BCUT2D eigenvalue weighted by Crippen LogP contribution is 2.40. The average Bonchev–Trinajstić information content (AvgIpc) is 2.99. The lowest BCUT2D eigenvalue weighted by molar-refractivity contribution is -0.113. The highest BCUT2D eigenvalue weighted by Gasteiger charge is 2.29. The van der Waals surface area contributed by atoms with Crippen LogP contribution >= 0.6 is 46.3 Å². The molecule has 8 heteroatoms. The highest BCUT2D eigenvalue weighted by atomic mass is 35.5. The third kappa shape index (κ3) is 5.03. The van der Waals surface area contributed by atoms with Crippen molar-refractivity contribution in [2.45, 2.75) is 38.0 Å². The van der Waals surface area contributed by atoms with E-state index in [1.54, 1.807) is 25.1 Å². The number of carbonyl (C=O) groups is 2. The molecule has 0 saturated heterocycles. The average molecular weight is 458 g/mol. The van der Waals surface area contributed by atoms with E-state index >= 15 is 0 Å². The fraction of sp³-hybridized carbons (Fsp3) is 0.400. The molecule has 1 amide bonds. The van der Waals surface area contributed by atoms with Gasteiger partial charge in [-0.15, -0.1) is 23.1 Å². The Morgan fingerprint density at radius 2 is 2.14 bits per heavy atom. The van der Waals surface area contributed by atoms with Gasteiger partial charge in [0.15, 0.2) is 0 Å². The number of halogens is 2. The number of rotatable bonds is 6. The van der Waals surface area contributed by atoms with E-state index in [1.165, 1.54) is 28.0 Å². The van der Waals surface area contributed by atoms with Gasteiger partial charge in [0, 0.05) is 14.8 Å². The van der Waals surface area contributed by atoms with Gasteiger partial charge in [0.1, 0.15) is 5.00 Å². The first-order valence-electron chi connectivity index (χ1n) is 9.08. The molecule has 1 N–H and O–H groups in total. The normalized spacial score (nSPS) is 15.8. The minimum atomic E-state index is -0.365. The number of hydrogen-bond acceptors (Lipinski definition) is 5. The molecule has 2 aromatic rings. The smallest absolute Gasteiger partial charge is 0.341 e. The Labute approximate surface area is 182 Å². The Kier molecular flexibility index (Phi) is 7.31. The van der Waals surface area contributed by atoms with E-state index in [1.807, 2.05) is 0 Å². The maximum Gasteiger partial charge on any atom is 0.341 e. The number of esters is 1. The summed E-state index contributed by atoms with van der Waals surface area (Å²) in [4.78, 5) is 27.0. The van der Waals surface area contributed by atoms with E-state index in [0.717, 1.165) is 29.7 Å². The molecule has 0 fully saturated rings. The first kappa shape index (κ1) is 21.5. The topological polar surface area (TPSA) is 55.4 Å². The lowest BCUT2D eigenvalue weighted by atomic mass is 9.88. The summed E-state index contributed by atoms with van der Waals surface area (Å²) in [6.07, 6.45) is 2.80. The summed E-state index contributed by atoms with van der Waals surface area (Å²) in [6, 6.07) is 5.14. The zero-order valence-electron chi connectivity index (χ0n) is 15.6. The van der Waals surface area contributed by atoms with Gasteiger partial charge in [-0.2, -0.15) is 0 Å². The van der Waals surface area contributed by atoms with Crippen LogP contribution in [0.2, 0.25) is 10.0 Å². The zero-order valence-corrected chi connectivity index (χ0v) is 18.8. The number of thiophene rings is 1. The highest BCUT2D eigenvalue weighted by molar-refractivity contribution is 8.00. The molecule has 1 heterocycles. The van der Waals surface area contributed by atoms with E-state index in [2.05, 4.69) is 12.2 Å². The summed E-state index contributed by atoms with van der Waals surface area (Å²) in [5.74, 6) is 0.181. The summed E-state index contributed by atoms with van der Waals surface area (Å²) >= 11 is 14.9. The minimum absolute atomic E-state index is 0.168. The second-order valence-corrected chi connectivity index (χ2v) is 9.65. The number of nitrogens with one attached hydrogen (secondary N) is 1. The van der Waals surface area contributed by atoms with Gasteiger partial charge in [0.05, 0.1) is 22.9 Å². The standard InChI is InChI=1S/C20H21Cl2NO3S2/c1-3-26-20(25)18-13-6-4-11(2)8-15(13)28-19(18)23-17(24)10-27-16-9-12(21)5-7-14(16)22/h5,7,9,11H,3-4,6,8,10H2,1-2H3,(H,23,24). The number of amides is 1. The van der Waals surface area contributed by atoms with Crippen molar-refractivity contribution in [1.82, 2.24) is 0 Å². The molecule has 0 aliphatic heterocycles. The van der Waals surface area contributed by atoms with Gasteiger partial charge in [-0.25, -0.2) is 4.79 Å². The molecule has 1 aliphatic rings. The van der Waals surface area contributed by atoms with Crippen molar-refractivity contribution in [1.29, 1.82) is 0 Å². The molecule has 1 aliphatic carbocycles. The van der Waals surface area contributed by atoms with E-state index in [4.69, 9.17) is 27.9 Å². The van der Waals surface area contributed by atoms with E-state index in [-0.39, 0.29) is 17.6 Å². The maximum atomic E-state index is 12.5. The van der Waals surface area contributed by atoms with Crippen LogP contribution in [0.4, 0.5) is 5.00 Å². The van der Waals surface area contributed by atoms with Gasteiger partial charge in [0.2, 0.25) is 5.91 Å². The monoisotopic (exact) mass is 457 g/mol. The Morgan fingerprint density at radius 1 is 1.36 bits per heavy atom. The van der Waals surface area contributed by atoms with Crippen molar-refractivity contribution in [3.05, 3.63) is 44.2 Å². The molecule has 1 aromatic carbocycles. The minimum Gasteiger partial charge on any atom is -0.462 e. The number of anilines is 1. The Bertz CT molecular complexity index is 898. The van der Waals surface area contributed by atoms with Gasteiger partial charge >= 0.3 is 5.97 Å². The van der Waals surface area contributed by atoms with Gasteiger partial charge in [-0.3, -0.25) is 4.79 Å². The maximum absolute atomic E-state index is 12.5. The van der Waals surface area contributed by atoms with Gasteiger partial charge in [-0.05, 0) is 55.9 Å². The summed E-state index contributed by atoms with van der Waals surface area (Å²) in [5, 5.41) is 4.61. The van der Waals surface area contributed by atoms with Crippen LogP contribution in [-0.4, -0.2) is 24.2 Å². The second kappa shape index (κ2) is 9.53. The molecule has 1 atom stereocenters. The lowest BCUT2D eigenvalue weighted by Gasteiger charge is -2.18. The quantitative estimate of drug-likeness (QED) is 0.421. The molecule has 28 heavy (non-hydrogen) atoms. The Hall–Kier alpha value is -1.21. The molecule has 0 saturated carbocycles. The van der Waals surface area contributed by atoms with Crippen molar-refractivity contribution in [2.75, 3.05) is 17.7 Å². The van der Waals surface area contributed by atoms with Gasteiger partial charge in [-0.1, -0.05) is 30.1 Å². The Balaban J connectivity index is 1.76. The van der Waals surface area contributed by atoms with E-state index in [0.29, 0.717) is 33.1 Å². The van der Waals surface area contributed by atoms with Crippen LogP contribution in [0, 0.1) is 5.92 Å². The summed E-state index contributed by atoms with van der Waals surface area (Å²) in [6.45, 7) is 4.29. The number of thioether (sulfide) groups is 1. The molecule has 0 bridgehead atoms. The first-order valence-corrected chi connectivity index (χ1v) is 11.6. The van der Waals surface area contributed by atoms with Crippen LogP contribution in [0.1, 0.15) is 41.1 Å². The number of benzene rings is 1. The summed E-state index contributed by atoms with van der Waals surface area (Å²) in [5.41, 5.74) is 1.55. The number of hydrogen-bond donors (Lipinski definition) is 1. The zero-order chi connectivity index (χ0) is 20.3. The van der Waals surface area contributed by atoms with Crippen molar-refractivity contribution < 1.29 is 14.3 Å². The third-order valence-electron chi connectivity index (χ3n) is 4.50. The molecule has 0 radical (unpaired) electrons. The second-order valence-electron chi connectivity index (χ2n) is 6.69. The largest absolute Gasteiger partial charge is 0.462 e. The van der Waals surface area contributed by atoms with Crippen LogP contribution in [-0.2, 0) is 22.4 Å². The predicted octanol–water partition coefficient (Wildman–Crippen LogP) is 6.09. The molecular weight excluding hydrogens is 437 g/mol. The number of fused-ring (bicyclic) bond motifs is 1. The molecule has 150 valence electrons. The van der Waals surface area contributed by atoms with Crippen molar-refractivity contribution in [2.24, 2.45) is 5.92 Å². The van der Waals surface area contributed by atoms with Gasteiger partial charge in [0.25, 0.3) is 0 Å². The first-order chi connectivity index (χ1) is 13.4. The molecular formula is C20H21Cl2NO3S2. The van der Waals surface area contributed by atoms with Crippen LogP contribution in [0.15, 0.2) is 23.1 Å². The van der Waals surface area contributed by atoms with E-state index in [9.17, 15) is 9.59 Å². The van der Waals surface area contributed by atoms with Crippen molar-refractivity contribution in [3.63, 3.8) is 0 Å². The Morgan fingerprint density at radius 3 is 2.89 bits per heavy atom. The number of ether oxygens (including phenoxy) is 1. The fourth-order valence-corrected chi connectivity index (χ4v) is 5.86. The summed E-state index contributed by atoms with van der Waals surface area (Å²) < 4.78 is 5.24. The predicted molar refractivity (Wildman–Crippen MR) is 117 cm³/mol. The van der Waals surface area contributed by atoms with Crippen molar-refractivity contribution >= 4 is 63.2 Å². The molecule has 0 spiro atoms. The van der Waals surface area contributed by atoms with Gasteiger partial charge < -0.3 is 10.1 Å². The van der Waals surface area contributed by atoms with E-state index < -0.39 is 0 Å². The number of carbonyl (C=O) groups excluding carboxylic acids is 2. The molecule has 1 aromatic heterocycles. The molecule has 4 nitrogen and oxygen atoms in total. The summed E-state index contributed by atoms with van der Waals surface area (Å²) in [7, 11) is 0. The third-order valence-corrected chi connectivity index (χ3v) is 7.40. The lowest BCUT2D eigenvalue weighted by Crippen LogP contribution is -2.17. The van der Waals surface area contributed by atoms with Crippen LogP contribution in [0.3, 0.4) is 0 Å². The van der Waals surface area contributed by atoms with Crippen LogP contribution in [0.25, 0.3) is 0 Å². The fourth-order valence-electron chi connectivity index (χ4n) is 3.15. The van der Waals surface area contributed by atoms with Crippen LogP contribution in [0.5, 0.6) is 0 Å². The molecule has 3 rings (SSSR count). The SMILES string of the molecule is CCOC(=O)c1c(NC(=O)CSc2cc(Cl)ccc2Cl)sc2c1CCC(C)C2. The molecule has 1 unspecified atom stereocenters.